The zero-order valence-corrected chi connectivity index (χ0v) is 15.0. The summed E-state index contributed by atoms with van der Waals surface area (Å²) in [6, 6.07) is 5.91. The number of unbranched alkanes of at least 4 members (excludes halogenated alkanes) is 1. The van der Waals surface area contributed by atoms with Crippen LogP contribution in [0.4, 0.5) is 5.69 Å². The van der Waals surface area contributed by atoms with Crippen molar-refractivity contribution >= 4 is 27.6 Å². The van der Waals surface area contributed by atoms with Gasteiger partial charge >= 0.3 is 5.97 Å². The third kappa shape index (κ3) is 4.38. The van der Waals surface area contributed by atoms with E-state index in [4.69, 9.17) is 9.47 Å². The van der Waals surface area contributed by atoms with Gasteiger partial charge in [0.2, 0.25) is 0 Å². The van der Waals surface area contributed by atoms with Crippen LogP contribution in [0.15, 0.2) is 18.2 Å². The van der Waals surface area contributed by atoms with Crippen LogP contribution in [0, 0.1) is 5.41 Å². The SMILES string of the molecule is CC(C)(C)C(=O)OC1CNc2ccc(OCCCCBr)cc21. The number of anilines is 1. The molecule has 1 atom stereocenters. The average molecular weight is 370 g/mol. The number of hydrogen-bond donors (Lipinski definition) is 1. The third-order valence-electron chi connectivity index (χ3n) is 3.51. The van der Waals surface area contributed by atoms with Crippen molar-refractivity contribution in [3.05, 3.63) is 23.8 Å². The second-order valence-corrected chi connectivity index (χ2v) is 7.31. The number of carbonyl (C=O) groups is 1. The van der Waals surface area contributed by atoms with E-state index >= 15 is 0 Å². The largest absolute Gasteiger partial charge is 0.494 e. The summed E-state index contributed by atoms with van der Waals surface area (Å²) in [5.41, 5.74) is 1.52. The number of fused-ring (bicyclic) bond motifs is 1. The Kier molecular flexibility index (Phi) is 5.73. The van der Waals surface area contributed by atoms with Crippen molar-refractivity contribution in [2.24, 2.45) is 5.41 Å². The lowest BCUT2D eigenvalue weighted by Crippen LogP contribution is -2.25. The normalized spacial score (nSPS) is 16.8. The van der Waals surface area contributed by atoms with Crippen molar-refractivity contribution in [1.29, 1.82) is 0 Å². The first-order valence-corrected chi connectivity index (χ1v) is 8.81. The number of ether oxygens (including phenoxy) is 2. The topological polar surface area (TPSA) is 47.6 Å². The number of hydrogen-bond acceptors (Lipinski definition) is 4. The van der Waals surface area contributed by atoms with Crippen molar-refractivity contribution in [1.82, 2.24) is 0 Å². The highest BCUT2D eigenvalue weighted by atomic mass is 79.9. The zero-order chi connectivity index (χ0) is 16.2. The molecule has 1 aliphatic heterocycles. The molecule has 2 rings (SSSR count). The van der Waals surface area contributed by atoms with Crippen LogP contribution < -0.4 is 10.1 Å². The van der Waals surface area contributed by atoms with E-state index in [9.17, 15) is 4.79 Å². The predicted octanol–water partition coefficient (Wildman–Crippen LogP) is 4.30. The van der Waals surface area contributed by atoms with Gasteiger partial charge in [0.1, 0.15) is 11.9 Å². The Morgan fingerprint density at radius 2 is 2.14 bits per heavy atom. The molecule has 0 amide bonds. The second-order valence-electron chi connectivity index (χ2n) is 6.52. The standard InChI is InChI=1S/C17H24BrNO3/c1-17(2,3)16(20)22-15-11-19-14-7-6-12(10-13(14)15)21-9-5-4-8-18/h6-7,10,15,19H,4-5,8-9,11H2,1-3H3. The Morgan fingerprint density at radius 3 is 2.82 bits per heavy atom. The fourth-order valence-corrected chi connectivity index (χ4v) is 2.56. The summed E-state index contributed by atoms with van der Waals surface area (Å²) in [5.74, 6) is 0.643. The van der Waals surface area contributed by atoms with Crippen molar-refractivity contribution in [3.63, 3.8) is 0 Å². The van der Waals surface area contributed by atoms with E-state index in [1.807, 2.05) is 39.0 Å². The van der Waals surface area contributed by atoms with Crippen LogP contribution in [-0.2, 0) is 9.53 Å². The fraction of sp³-hybridized carbons (Fsp3) is 0.588. The van der Waals surface area contributed by atoms with Crippen LogP contribution >= 0.6 is 15.9 Å². The molecule has 1 unspecified atom stereocenters. The average Bonchev–Trinajstić information content (AvgIpc) is 2.85. The molecule has 0 saturated carbocycles. The Balaban J connectivity index is 2.01. The maximum Gasteiger partial charge on any atom is 0.311 e. The summed E-state index contributed by atoms with van der Waals surface area (Å²) in [5, 5.41) is 4.27. The number of benzene rings is 1. The molecule has 0 saturated heterocycles. The molecule has 0 aliphatic carbocycles. The van der Waals surface area contributed by atoms with Crippen LogP contribution in [-0.4, -0.2) is 24.5 Å². The zero-order valence-electron chi connectivity index (χ0n) is 13.4. The van der Waals surface area contributed by atoms with E-state index < -0.39 is 5.41 Å². The van der Waals surface area contributed by atoms with Gasteiger partial charge < -0.3 is 14.8 Å². The van der Waals surface area contributed by atoms with Crippen molar-refractivity contribution < 1.29 is 14.3 Å². The first kappa shape index (κ1) is 17.1. The first-order valence-electron chi connectivity index (χ1n) is 7.69. The third-order valence-corrected chi connectivity index (χ3v) is 4.07. The van der Waals surface area contributed by atoms with E-state index in [-0.39, 0.29) is 12.1 Å². The number of carbonyl (C=O) groups excluding carboxylic acids is 1. The van der Waals surface area contributed by atoms with Crippen molar-refractivity contribution in [2.75, 3.05) is 23.8 Å². The Bertz CT molecular complexity index is 525. The number of alkyl halides is 1. The maximum atomic E-state index is 12.1. The lowest BCUT2D eigenvalue weighted by molar-refractivity contribution is -0.158. The van der Waals surface area contributed by atoms with Gasteiger partial charge in [0.05, 0.1) is 18.6 Å². The van der Waals surface area contributed by atoms with Crippen molar-refractivity contribution in [3.8, 4) is 5.75 Å². The lowest BCUT2D eigenvalue weighted by atomic mass is 9.97. The van der Waals surface area contributed by atoms with E-state index in [2.05, 4.69) is 21.2 Å². The van der Waals surface area contributed by atoms with E-state index in [1.165, 1.54) is 0 Å². The maximum absolute atomic E-state index is 12.1. The van der Waals surface area contributed by atoms with Crippen LogP contribution in [0.1, 0.15) is 45.3 Å². The van der Waals surface area contributed by atoms with Crippen molar-refractivity contribution in [2.45, 2.75) is 39.7 Å². The minimum Gasteiger partial charge on any atom is -0.494 e. The summed E-state index contributed by atoms with van der Waals surface area (Å²) in [4.78, 5) is 12.1. The molecular weight excluding hydrogens is 346 g/mol. The number of esters is 1. The Hall–Kier alpha value is -1.23. The van der Waals surface area contributed by atoms with Gasteiger partial charge in [-0.3, -0.25) is 4.79 Å². The molecule has 1 N–H and O–H groups in total. The summed E-state index contributed by atoms with van der Waals surface area (Å²) in [7, 11) is 0. The van der Waals surface area contributed by atoms with Crippen LogP contribution in [0.5, 0.6) is 5.75 Å². The molecule has 22 heavy (non-hydrogen) atoms. The van der Waals surface area contributed by atoms with Gasteiger partial charge in [-0.15, -0.1) is 0 Å². The number of rotatable bonds is 6. The molecule has 5 heteroatoms. The smallest absolute Gasteiger partial charge is 0.311 e. The Morgan fingerprint density at radius 1 is 1.36 bits per heavy atom. The molecule has 122 valence electrons. The van der Waals surface area contributed by atoms with Gasteiger partial charge in [0.15, 0.2) is 0 Å². The monoisotopic (exact) mass is 369 g/mol. The number of nitrogens with one attached hydrogen (secondary N) is 1. The molecular formula is C17H24BrNO3. The molecule has 1 aromatic carbocycles. The van der Waals surface area contributed by atoms with Gasteiger partial charge in [-0.2, -0.15) is 0 Å². The minimum absolute atomic E-state index is 0.184. The van der Waals surface area contributed by atoms with E-state index in [1.54, 1.807) is 0 Å². The molecule has 1 heterocycles. The Labute approximate surface area is 140 Å². The highest BCUT2D eigenvalue weighted by molar-refractivity contribution is 9.09. The molecule has 0 fully saturated rings. The van der Waals surface area contributed by atoms with Gasteiger partial charge in [-0.1, -0.05) is 15.9 Å². The van der Waals surface area contributed by atoms with Gasteiger partial charge in [0.25, 0.3) is 0 Å². The molecule has 1 aliphatic rings. The molecule has 0 spiro atoms. The van der Waals surface area contributed by atoms with E-state index in [0.29, 0.717) is 13.2 Å². The molecule has 4 nitrogen and oxygen atoms in total. The summed E-state index contributed by atoms with van der Waals surface area (Å²) in [6.45, 7) is 6.90. The van der Waals surface area contributed by atoms with E-state index in [0.717, 1.165) is 35.2 Å². The highest BCUT2D eigenvalue weighted by Crippen LogP contribution is 2.36. The number of halogens is 1. The first-order chi connectivity index (χ1) is 10.4. The second kappa shape index (κ2) is 7.36. The lowest BCUT2D eigenvalue weighted by Gasteiger charge is -2.20. The molecule has 0 radical (unpaired) electrons. The van der Waals surface area contributed by atoms with Crippen LogP contribution in [0.3, 0.4) is 0 Å². The fourth-order valence-electron chi connectivity index (χ4n) is 2.17. The van der Waals surface area contributed by atoms with Gasteiger partial charge in [-0.05, 0) is 51.8 Å². The molecule has 0 aromatic heterocycles. The summed E-state index contributed by atoms with van der Waals surface area (Å²) in [6.07, 6.45) is 1.87. The summed E-state index contributed by atoms with van der Waals surface area (Å²) >= 11 is 3.41. The van der Waals surface area contributed by atoms with Crippen LogP contribution in [0.25, 0.3) is 0 Å². The molecule has 0 bridgehead atoms. The molecule has 1 aromatic rings. The predicted molar refractivity (Wildman–Crippen MR) is 91.7 cm³/mol. The summed E-state index contributed by atoms with van der Waals surface area (Å²) < 4.78 is 11.4. The van der Waals surface area contributed by atoms with Crippen LogP contribution in [0.2, 0.25) is 0 Å². The van der Waals surface area contributed by atoms with Gasteiger partial charge in [0, 0.05) is 16.6 Å². The highest BCUT2D eigenvalue weighted by Gasteiger charge is 2.31. The quantitative estimate of drug-likeness (QED) is 0.461. The minimum atomic E-state index is -0.494. The van der Waals surface area contributed by atoms with Gasteiger partial charge in [-0.25, -0.2) is 0 Å².